The van der Waals surface area contributed by atoms with E-state index >= 15 is 0 Å². The summed E-state index contributed by atoms with van der Waals surface area (Å²) >= 11 is 6.11. The molecule has 0 aliphatic heterocycles. The van der Waals surface area contributed by atoms with Crippen LogP contribution in [0.15, 0.2) is 42.5 Å². The fourth-order valence-electron chi connectivity index (χ4n) is 1.92. The number of hydrogen-bond acceptors (Lipinski definition) is 2. The summed E-state index contributed by atoms with van der Waals surface area (Å²) < 4.78 is 14.0. The average molecular weight is 265 g/mol. The van der Waals surface area contributed by atoms with E-state index in [4.69, 9.17) is 17.4 Å². The van der Waals surface area contributed by atoms with Crippen LogP contribution in [0.5, 0.6) is 0 Å². The lowest BCUT2D eigenvalue weighted by atomic mass is 9.98. The monoisotopic (exact) mass is 264 g/mol. The van der Waals surface area contributed by atoms with Gasteiger partial charge in [0, 0.05) is 10.6 Å². The number of rotatable bonds is 3. The molecule has 1 atom stereocenters. The van der Waals surface area contributed by atoms with Crippen LogP contribution in [0.4, 0.5) is 4.39 Å². The van der Waals surface area contributed by atoms with Crippen molar-refractivity contribution in [2.45, 2.75) is 13.0 Å². The van der Waals surface area contributed by atoms with Gasteiger partial charge in [0.1, 0.15) is 5.82 Å². The third kappa shape index (κ3) is 2.53. The van der Waals surface area contributed by atoms with Crippen LogP contribution < -0.4 is 11.3 Å². The van der Waals surface area contributed by atoms with Gasteiger partial charge in [0.15, 0.2) is 0 Å². The molecular weight excluding hydrogens is 251 g/mol. The van der Waals surface area contributed by atoms with Crippen LogP contribution in [0.1, 0.15) is 22.7 Å². The maximum atomic E-state index is 14.0. The van der Waals surface area contributed by atoms with Crippen molar-refractivity contribution in [1.82, 2.24) is 5.43 Å². The molecule has 2 nitrogen and oxygen atoms in total. The van der Waals surface area contributed by atoms with Gasteiger partial charge < -0.3 is 0 Å². The Hall–Kier alpha value is -1.42. The predicted octanol–water partition coefficient (Wildman–Crippen LogP) is 3.34. The van der Waals surface area contributed by atoms with Gasteiger partial charge in [-0.25, -0.2) is 9.82 Å². The molecule has 0 amide bonds. The van der Waals surface area contributed by atoms with Gasteiger partial charge in [-0.1, -0.05) is 41.9 Å². The third-order valence-electron chi connectivity index (χ3n) is 2.85. The average Bonchev–Trinajstić information content (AvgIpc) is 2.34. The Kier molecular flexibility index (Phi) is 3.97. The molecule has 0 aliphatic rings. The minimum absolute atomic E-state index is 0.294. The largest absolute Gasteiger partial charge is 0.271 e. The molecule has 0 bridgehead atoms. The van der Waals surface area contributed by atoms with Crippen LogP contribution in [-0.2, 0) is 0 Å². The van der Waals surface area contributed by atoms with E-state index in [-0.39, 0.29) is 5.82 Å². The van der Waals surface area contributed by atoms with E-state index < -0.39 is 6.04 Å². The van der Waals surface area contributed by atoms with Gasteiger partial charge in [-0.05, 0) is 30.2 Å². The molecule has 0 fully saturated rings. The second kappa shape index (κ2) is 5.48. The number of aryl methyl sites for hydroxylation is 1. The van der Waals surface area contributed by atoms with Gasteiger partial charge in [0.25, 0.3) is 0 Å². The van der Waals surface area contributed by atoms with Crippen LogP contribution in [0.2, 0.25) is 5.02 Å². The SMILES string of the molecule is Cc1ccc(C(NN)c2ccccc2Cl)c(F)c1. The molecule has 18 heavy (non-hydrogen) atoms. The zero-order chi connectivity index (χ0) is 13.1. The Labute approximate surface area is 111 Å². The molecule has 0 heterocycles. The van der Waals surface area contributed by atoms with Crippen molar-refractivity contribution in [1.29, 1.82) is 0 Å². The number of halogens is 2. The third-order valence-corrected chi connectivity index (χ3v) is 3.19. The van der Waals surface area contributed by atoms with Crippen molar-refractivity contribution in [2.24, 2.45) is 5.84 Å². The molecule has 0 aromatic heterocycles. The summed E-state index contributed by atoms with van der Waals surface area (Å²) in [5, 5.41) is 0.556. The Morgan fingerprint density at radius 3 is 2.50 bits per heavy atom. The van der Waals surface area contributed by atoms with E-state index in [2.05, 4.69) is 5.43 Å². The van der Waals surface area contributed by atoms with Gasteiger partial charge in [-0.2, -0.15) is 0 Å². The van der Waals surface area contributed by atoms with Crippen LogP contribution in [-0.4, -0.2) is 0 Å². The Bertz CT molecular complexity index is 557. The first-order valence-electron chi connectivity index (χ1n) is 5.60. The Balaban J connectivity index is 2.49. The van der Waals surface area contributed by atoms with Crippen LogP contribution in [0.3, 0.4) is 0 Å². The molecule has 94 valence electrons. The summed E-state index contributed by atoms with van der Waals surface area (Å²) in [6.45, 7) is 1.84. The first-order chi connectivity index (χ1) is 8.63. The Morgan fingerprint density at radius 2 is 1.89 bits per heavy atom. The fraction of sp³-hybridized carbons (Fsp3) is 0.143. The summed E-state index contributed by atoms with van der Waals surface area (Å²) in [7, 11) is 0. The summed E-state index contributed by atoms with van der Waals surface area (Å²) in [6, 6.07) is 11.8. The second-order valence-corrected chi connectivity index (χ2v) is 4.55. The van der Waals surface area contributed by atoms with E-state index in [9.17, 15) is 4.39 Å². The summed E-state index contributed by atoms with van der Waals surface area (Å²) in [5.74, 6) is 5.24. The molecule has 2 rings (SSSR count). The topological polar surface area (TPSA) is 38.0 Å². The smallest absolute Gasteiger partial charge is 0.128 e. The van der Waals surface area contributed by atoms with Gasteiger partial charge in [-0.3, -0.25) is 5.84 Å². The number of nitrogens with two attached hydrogens (primary N) is 1. The van der Waals surface area contributed by atoms with Crippen molar-refractivity contribution in [3.8, 4) is 0 Å². The molecule has 4 heteroatoms. The summed E-state index contributed by atoms with van der Waals surface area (Å²) in [4.78, 5) is 0. The highest BCUT2D eigenvalue weighted by atomic mass is 35.5. The zero-order valence-electron chi connectivity index (χ0n) is 9.95. The first kappa shape index (κ1) is 13.0. The number of hydrogen-bond donors (Lipinski definition) is 2. The predicted molar refractivity (Wildman–Crippen MR) is 71.8 cm³/mol. The standard InChI is InChI=1S/C14H14ClFN2/c1-9-6-7-11(13(16)8-9)14(18-17)10-4-2-3-5-12(10)15/h2-8,14,18H,17H2,1H3. The highest BCUT2D eigenvalue weighted by Crippen LogP contribution is 2.29. The van der Waals surface area contributed by atoms with Gasteiger partial charge in [-0.15, -0.1) is 0 Å². The molecular formula is C14H14ClFN2. The summed E-state index contributed by atoms with van der Waals surface area (Å²) in [6.07, 6.45) is 0. The van der Waals surface area contributed by atoms with E-state index in [1.54, 1.807) is 12.1 Å². The van der Waals surface area contributed by atoms with Crippen molar-refractivity contribution in [2.75, 3.05) is 0 Å². The van der Waals surface area contributed by atoms with Crippen molar-refractivity contribution >= 4 is 11.6 Å². The molecule has 0 aliphatic carbocycles. The lowest BCUT2D eigenvalue weighted by Gasteiger charge is -2.19. The van der Waals surface area contributed by atoms with Gasteiger partial charge in [0.2, 0.25) is 0 Å². The second-order valence-electron chi connectivity index (χ2n) is 4.15. The van der Waals surface area contributed by atoms with Crippen molar-refractivity contribution in [3.63, 3.8) is 0 Å². The van der Waals surface area contributed by atoms with E-state index in [1.807, 2.05) is 31.2 Å². The van der Waals surface area contributed by atoms with Crippen molar-refractivity contribution < 1.29 is 4.39 Å². The van der Waals surface area contributed by atoms with Crippen LogP contribution >= 0.6 is 11.6 Å². The molecule has 0 radical (unpaired) electrons. The molecule has 1 unspecified atom stereocenters. The van der Waals surface area contributed by atoms with Gasteiger partial charge >= 0.3 is 0 Å². The van der Waals surface area contributed by atoms with Crippen LogP contribution in [0, 0.1) is 12.7 Å². The highest BCUT2D eigenvalue weighted by molar-refractivity contribution is 6.31. The maximum Gasteiger partial charge on any atom is 0.128 e. The number of hydrazine groups is 1. The molecule has 3 N–H and O–H groups in total. The van der Waals surface area contributed by atoms with E-state index in [0.717, 1.165) is 11.1 Å². The highest BCUT2D eigenvalue weighted by Gasteiger charge is 2.18. The lowest BCUT2D eigenvalue weighted by molar-refractivity contribution is 0.559. The quantitative estimate of drug-likeness (QED) is 0.659. The minimum Gasteiger partial charge on any atom is -0.271 e. The molecule has 2 aromatic carbocycles. The summed E-state index contributed by atoms with van der Waals surface area (Å²) in [5.41, 5.74) is 4.71. The first-order valence-corrected chi connectivity index (χ1v) is 5.98. The van der Waals surface area contributed by atoms with E-state index in [0.29, 0.717) is 10.6 Å². The molecule has 0 saturated carbocycles. The van der Waals surface area contributed by atoms with Crippen LogP contribution in [0.25, 0.3) is 0 Å². The molecule has 0 spiro atoms. The number of benzene rings is 2. The molecule has 2 aromatic rings. The zero-order valence-corrected chi connectivity index (χ0v) is 10.7. The lowest BCUT2D eigenvalue weighted by Crippen LogP contribution is -2.29. The minimum atomic E-state index is -0.459. The van der Waals surface area contributed by atoms with E-state index in [1.165, 1.54) is 6.07 Å². The van der Waals surface area contributed by atoms with Crippen molar-refractivity contribution in [3.05, 3.63) is 70.0 Å². The normalized spacial score (nSPS) is 12.4. The fourth-order valence-corrected chi connectivity index (χ4v) is 2.17. The number of nitrogens with one attached hydrogen (secondary N) is 1. The van der Waals surface area contributed by atoms with Gasteiger partial charge in [0.05, 0.1) is 6.04 Å². The molecule has 0 saturated heterocycles. The maximum absolute atomic E-state index is 14.0. The Morgan fingerprint density at radius 1 is 1.17 bits per heavy atom.